The van der Waals surface area contributed by atoms with Gasteiger partial charge in [0.1, 0.15) is 0 Å². The van der Waals surface area contributed by atoms with Crippen molar-refractivity contribution in [1.82, 2.24) is 4.90 Å². The van der Waals surface area contributed by atoms with Gasteiger partial charge in [0.15, 0.2) is 11.6 Å². The normalized spacial score (nSPS) is 19.3. The number of rotatable bonds is 2. The molecule has 6 heteroatoms. The van der Waals surface area contributed by atoms with Crippen molar-refractivity contribution in [3.05, 3.63) is 33.8 Å². The van der Waals surface area contributed by atoms with Crippen molar-refractivity contribution < 1.29 is 18.3 Å². The van der Waals surface area contributed by atoms with Crippen LogP contribution in [0.2, 0.25) is 0 Å². The van der Waals surface area contributed by atoms with E-state index >= 15 is 0 Å². The molecule has 2 rings (SSSR count). The van der Waals surface area contributed by atoms with Gasteiger partial charge >= 0.3 is 0 Å². The summed E-state index contributed by atoms with van der Waals surface area (Å²) < 4.78 is 32.2. The number of likely N-dealkylation sites (tertiary alicyclic amines) is 1. The molecule has 0 bridgehead atoms. The highest BCUT2D eigenvalue weighted by molar-refractivity contribution is 9.10. The van der Waals surface area contributed by atoms with Crippen LogP contribution in [0, 0.1) is 11.6 Å². The number of hydrogen-bond donors (Lipinski definition) is 0. The van der Waals surface area contributed by atoms with Crippen molar-refractivity contribution in [3.63, 3.8) is 0 Å². The van der Waals surface area contributed by atoms with E-state index in [0.29, 0.717) is 19.5 Å². The van der Waals surface area contributed by atoms with Crippen LogP contribution in [0.3, 0.4) is 0 Å². The van der Waals surface area contributed by atoms with Crippen LogP contribution in [0.4, 0.5) is 8.78 Å². The Kier molecular flexibility index (Phi) is 3.97. The average molecular weight is 320 g/mol. The number of nitrogens with zero attached hydrogens (tertiary/aromatic N) is 1. The summed E-state index contributed by atoms with van der Waals surface area (Å²) in [5, 5.41) is 0. The monoisotopic (exact) mass is 319 g/mol. The molecule has 1 amide bonds. The van der Waals surface area contributed by atoms with E-state index in [0.717, 1.165) is 0 Å². The van der Waals surface area contributed by atoms with Gasteiger partial charge in [0.25, 0.3) is 5.91 Å². The summed E-state index contributed by atoms with van der Waals surface area (Å²) in [5.74, 6) is -2.66. The smallest absolute Gasteiger partial charge is 0.257 e. The first-order valence-electron chi connectivity index (χ1n) is 5.50. The number of carbonyl (C=O) groups excluding carboxylic acids is 1. The van der Waals surface area contributed by atoms with Crippen LogP contribution >= 0.6 is 15.9 Å². The minimum atomic E-state index is -1.12. The molecule has 0 radical (unpaired) electrons. The predicted octanol–water partition coefficient (Wildman–Crippen LogP) is 2.59. The summed E-state index contributed by atoms with van der Waals surface area (Å²) in [6, 6.07) is 2.61. The van der Waals surface area contributed by atoms with Crippen molar-refractivity contribution in [1.29, 1.82) is 0 Å². The Balaban J connectivity index is 2.22. The van der Waals surface area contributed by atoms with Crippen LogP contribution in [0.1, 0.15) is 16.8 Å². The lowest BCUT2D eigenvalue weighted by Gasteiger charge is -2.16. The molecule has 1 fully saturated rings. The van der Waals surface area contributed by atoms with Crippen LogP contribution in [-0.4, -0.2) is 37.1 Å². The molecular weight excluding hydrogens is 308 g/mol. The highest BCUT2D eigenvalue weighted by Crippen LogP contribution is 2.23. The summed E-state index contributed by atoms with van der Waals surface area (Å²) in [5.41, 5.74) is -0.243. The fourth-order valence-electron chi connectivity index (χ4n) is 1.97. The second kappa shape index (κ2) is 5.32. The second-order valence-electron chi connectivity index (χ2n) is 4.12. The zero-order valence-electron chi connectivity index (χ0n) is 9.75. The van der Waals surface area contributed by atoms with Crippen molar-refractivity contribution in [2.75, 3.05) is 20.2 Å². The van der Waals surface area contributed by atoms with Gasteiger partial charge < -0.3 is 9.64 Å². The third-order valence-electron chi connectivity index (χ3n) is 3.03. The maximum Gasteiger partial charge on any atom is 0.257 e. The summed E-state index contributed by atoms with van der Waals surface area (Å²) >= 11 is 2.87. The summed E-state index contributed by atoms with van der Waals surface area (Å²) in [6.07, 6.45) is 0.681. The Morgan fingerprint density at radius 2 is 2.17 bits per heavy atom. The zero-order chi connectivity index (χ0) is 13.3. The van der Waals surface area contributed by atoms with E-state index in [1.807, 2.05) is 0 Å². The third kappa shape index (κ3) is 2.40. The molecule has 1 aromatic rings. The summed E-state index contributed by atoms with van der Waals surface area (Å²) in [6.45, 7) is 0.904. The molecule has 1 aromatic carbocycles. The minimum Gasteiger partial charge on any atom is -0.380 e. The molecule has 0 spiro atoms. The molecule has 0 aromatic heterocycles. The standard InChI is InChI=1S/C12H12BrF2NO2/c1-18-7-4-5-16(6-7)12(17)8-2-3-9(13)11(15)10(8)14/h2-3,7H,4-6H2,1H3. The number of benzene rings is 1. The highest BCUT2D eigenvalue weighted by Gasteiger charge is 2.29. The van der Waals surface area contributed by atoms with Crippen molar-refractivity contribution in [2.45, 2.75) is 12.5 Å². The van der Waals surface area contributed by atoms with Crippen LogP contribution < -0.4 is 0 Å². The largest absolute Gasteiger partial charge is 0.380 e. The number of halogens is 3. The van der Waals surface area contributed by atoms with Gasteiger partial charge in [-0.3, -0.25) is 4.79 Å². The van der Waals surface area contributed by atoms with E-state index in [1.54, 1.807) is 7.11 Å². The van der Waals surface area contributed by atoms with Gasteiger partial charge in [-0.2, -0.15) is 0 Å². The maximum atomic E-state index is 13.7. The molecule has 1 heterocycles. The molecule has 1 atom stereocenters. The number of ether oxygens (including phenoxy) is 1. The molecular formula is C12H12BrF2NO2. The third-order valence-corrected chi connectivity index (χ3v) is 3.64. The Labute approximate surface area is 112 Å². The van der Waals surface area contributed by atoms with E-state index in [-0.39, 0.29) is 16.1 Å². The molecule has 1 aliphatic rings. The molecule has 1 saturated heterocycles. The quantitative estimate of drug-likeness (QED) is 0.784. The lowest BCUT2D eigenvalue weighted by atomic mass is 10.2. The van der Waals surface area contributed by atoms with Crippen LogP contribution in [0.5, 0.6) is 0 Å². The SMILES string of the molecule is COC1CCN(C(=O)c2ccc(Br)c(F)c2F)C1. The Hall–Kier alpha value is -1.01. The van der Waals surface area contributed by atoms with Gasteiger partial charge in [-0.25, -0.2) is 8.78 Å². The fourth-order valence-corrected chi connectivity index (χ4v) is 2.27. The Morgan fingerprint density at radius 1 is 1.44 bits per heavy atom. The lowest BCUT2D eigenvalue weighted by Crippen LogP contribution is -2.30. The van der Waals surface area contributed by atoms with Crippen LogP contribution in [0.25, 0.3) is 0 Å². The number of carbonyl (C=O) groups is 1. The van der Waals surface area contributed by atoms with Gasteiger partial charge in [0, 0.05) is 20.2 Å². The van der Waals surface area contributed by atoms with Crippen molar-refractivity contribution in [3.8, 4) is 0 Å². The maximum absolute atomic E-state index is 13.7. The topological polar surface area (TPSA) is 29.5 Å². The number of hydrogen-bond acceptors (Lipinski definition) is 2. The molecule has 1 unspecified atom stereocenters. The first-order chi connectivity index (χ1) is 8.54. The Bertz CT molecular complexity index is 481. The van der Waals surface area contributed by atoms with E-state index in [1.165, 1.54) is 17.0 Å². The van der Waals surface area contributed by atoms with E-state index < -0.39 is 17.5 Å². The fraction of sp³-hybridized carbons (Fsp3) is 0.417. The van der Waals surface area contributed by atoms with Crippen molar-refractivity contribution >= 4 is 21.8 Å². The lowest BCUT2D eigenvalue weighted by molar-refractivity contribution is 0.0719. The Morgan fingerprint density at radius 3 is 2.78 bits per heavy atom. The van der Waals surface area contributed by atoms with E-state index in [2.05, 4.69) is 15.9 Å². The second-order valence-corrected chi connectivity index (χ2v) is 4.97. The van der Waals surface area contributed by atoms with Gasteiger partial charge in [-0.15, -0.1) is 0 Å². The van der Waals surface area contributed by atoms with Gasteiger partial charge in [0.05, 0.1) is 16.1 Å². The molecule has 0 saturated carbocycles. The highest BCUT2D eigenvalue weighted by atomic mass is 79.9. The molecule has 0 N–H and O–H groups in total. The van der Waals surface area contributed by atoms with E-state index in [4.69, 9.17) is 4.74 Å². The molecule has 18 heavy (non-hydrogen) atoms. The molecule has 0 aliphatic carbocycles. The first-order valence-corrected chi connectivity index (χ1v) is 6.29. The number of methoxy groups -OCH3 is 1. The zero-order valence-corrected chi connectivity index (χ0v) is 11.3. The van der Waals surface area contributed by atoms with Gasteiger partial charge in [-0.1, -0.05) is 0 Å². The average Bonchev–Trinajstić information content (AvgIpc) is 2.84. The van der Waals surface area contributed by atoms with Crippen molar-refractivity contribution in [2.24, 2.45) is 0 Å². The summed E-state index contributed by atoms with van der Waals surface area (Å²) in [4.78, 5) is 13.5. The van der Waals surface area contributed by atoms with Gasteiger partial charge in [-0.05, 0) is 34.5 Å². The molecule has 98 valence electrons. The van der Waals surface area contributed by atoms with Crippen LogP contribution in [-0.2, 0) is 4.74 Å². The molecule has 1 aliphatic heterocycles. The van der Waals surface area contributed by atoms with E-state index in [9.17, 15) is 13.6 Å². The number of amides is 1. The minimum absolute atomic E-state index is 0.00717. The summed E-state index contributed by atoms with van der Waals surface area (Å²) in [7, 11) is 1.57. The first kappa shape index (κ1) is 13.4. The molecule has 3 nitrogen and oxygen atoms in total. The predicted molar refractivity (Wildman–Crippen MR) is 65.4 cm³/mol. The van der Waals surface area contributed by atoms with Crippen LogP contribution in [0.15, 0.2) is 16.6 Å². The van der Waals surface area contributed by atoms with Gasteiger partial charge in [0.2, 0.25) is 0 Å².